The standard InChI is InChI=1S/C21H23N3O6S2/c1-4-23-16-7-5-14(11-19(16)31-21(23)26)22-20(25)13(2)24(32(3,27)28)15-6-8-17-18(12-15)30-10-9-29-17/h5-8,11-13H,4,9-10H2,1-3H3,(H,22,25). The molecule has 0 saturated carbocycles. The van der Waals surface area contributed by atoms with Crippen molar-refractivity contribution in [3.8, 4) is 11.5 Å². The summed E-state index contributed by atoms with van der Waals surface area (Å²) in [6.07, 6.45) is 1.05. The number of aromatic nitrogens is 1. The summed E-state index contributed by atoms with van der Waals surface area (Å²) in [5.74, 6) is 0.444. The Labute approximate surface area is 189 Å². The van der Waals surface area contributed by atoms with Crippen molar-refractivity contribution in [3.05, 3.63) is 46.1 Å². The molecule has 11 heteroatoms. The fraction of sp³-hybridized carbons (Fsp3) is 0.333. The van der Waals surface area contributed by atoms with E-state index in [0.29, 0.717) is 42.6 Å². The van der Waals surface area contributed by atoms with Gasteiger partial charge in [-0.15, -0.1) is 0 Å². The number of carbonyl (C=O) groups is 1. The minimum Gasteiger partial charge on any atom is -0.486 e. The highest BCUT2D eigenvalue weighted by Gasteiger charge is 2.30. The summed E-state index contributed by atoms with van der Waals surface area (Å²) in [6.45, 7) is 4.74. The normalized spacial score (nSPS) is 14.2. The quantitative estimate of drug-likeness (QED) is 0.585. The average molecular weight is 478 g/mol. The fourth-order valence-corrected chi connectivity index (χ4v) is 5.83. The van der Waals surface area contributed by atoms with E-state index in [1.54, 1.807) is 41.0 Å². The zero-order valence-electron chi connectivity index (χ0n) is 17.8. The number of sulfonamides is 1. The van der Waals surface area contributed by atoms with Crippen molar-refractivity contribution in [1.29, 1.82) is 0 Å². The van der Waals surface area contributed by atoms with E-state index in [1.807, 2.05) is 6.92 Å². The predicted molar refractivity (Wildman–Crippen MR) is 125 cm³/mol. The molecule has 0 radical (unpaired) electrons. The van der Waals surface area contributed by atoms with Gasteiger partial charge in [0.2, 0.25) is 15.9 Å². The molecule has 0 fully saturated rings. The van der Waals surface area contributed by atoms with Gasteiger partial charge in [0.15, 0.2) is 11.5 Å². The Bertz CT molecular complexity index is 1350. The Hall–Kier alpha value is -3.05. The first-order valence-corrected chi connectivity index (χ1v) is 12.7. The van der Waals surface area contributed by atoms with Gasteiger partial charge in [0.1, 0.15) is 19.3 Å². The van der Waals surface area contributed by atoms with Crippen molar-refractivity contribution in [2.75, 3.05) is 29.1 Å². The lowest BCUT2D eigenvalue weighted by Crippen LogP contribution is -2.45. The van der Waals surface area contributed by atoms with Crippen LogP contribution in [0, 0.1) is 0 Å². The van der Waals surface area contributed by atoms with Crippen molar-refractivity contribution >= 4 is 48.9 Å². The zero-order valence-corrected chi connectivity index (χ0v) is 19.5. The minimum atomic E-state index is -3.79. The molecule has 2 heterocycles. The van der Waals surface area contributed by atoms with Gasteiger partial charge in [0, 0.05) is 18.3 Å². The lowest BCUT2D eigenvalue weighted by atomic mass is 10.2. The Balaban J connectivity index is 1.62. The summed E-state index contributed by atoms with van der Waals surface area (Å²) in [7, 11) is -3.79. The number of hydrogen-bond acceptors (Lipinski definition) is 7. The van der Waals surface area contributed by atoms with Crippen LogP contribution in [-0.4, -0.2) is 44.4 Å². The molecule has 0 spiro atoms. The summed E-state index contributed by atoms with van der Waals surface area (Å²) in [4.78, 5) is 25.0. The number of nitrogens with one attached hydrogen (secondary N) is 1. The van der Waals surface area contributed by atoms with Gasteiger partial charge < -0.3 is 14.8 Å². The van der Waals surface area contributed by atoms with Crippen LogP contribution in [0.4, 0.5) is 11.4 Å². The lowest BCUT2D eigenvalue weighted by Gasteiger charge is -2.29. The topological polar surface area (TPSA) is 107 Å². The summed E-state index contributed by atoms with van der Waals surface area (Å²) in [6, 6.07) is 8.90. The molecule has 1 unspecified atom stereocenters. The minimum absolute atomic E-state index is 0.0683. The van der Waals surface area contributed by atoms with Crippen LogP contribution in [0.1, 0.15) is 13.8 Å². The van der Waals surface area contributed by atoms with Gasteiger partial charge in [-0.3, -0.25) is 18.5 Å². The molecule has 0 saturated heterocycles. The molecule has 0 bridgehead atoms. The molecular formula is C21H23N3O6S2. The Morgan fingerprint density at radius 1 is 1.19 bits per heavy atom. The van der Waals surface area contributed by atoms with Crippen LogP contribution < -0.4 is 24.0 Å². The van der Waals surface area contributed by atoms with Gasteiger partial charge in [0.25, 0.3) is 0 Å². The first-order chi connectivity index (χ1) is 15.2. The van der Waals surface area contributed by atoms with Crippen LogP contribution in [0.5, 0.6) is 11.5 Å². The number of benzene rings is 2. The van der Waals surface area contributed by atoms with Crippen LogP contribution in [0.15, 0.2) is 41.2 Å². The number of rotatable bonds is 6. The van der Waals surface area contributed by atoms with E-state index >= 15 is 0 Å². The molecule has 1 aromatic heterocycles. The largest absolute Gasteiger partial charge is 0.486 e. The van der Waals surface area contributed by atoms with E-state index in [9.17, 15) is 18.0 Å². The highest BCUT2D eigenvalue weighted by Crippen LogP contribution is 2.35. The number of amides is 1. The number of fused-ring (bicyclic) bond motifs is 2. The highest BCUT2D eigenvalue weighted by molar-refractivity contribution is 7.92. The summed E-state index contributed by atoms with van der Waals surface area (Å²) in [5, 5.41) is 2.76. The van der Waals surface area contributed by atoms with Gasteiger partial charge in [-0.25, -0.2) is 8.42 Å². The SMILES string of the molecule is CCn1c(=O)sc2cc(NC(=O)C(C)N(c3ccc4c(c3)OCCO4)S(C)(=O)=O)ccc21. The maximum Gasteiger partial charge on any atom is 0.308 e. The predicted octanol–water partition coefficient (Wildman–Crippen LogP) is 2.65. The number of aryl methyl sites for hydroxylation is 1. The number of hydrogen-bond donors (Lipinski definition) is 1. The van der Waals surface area contributed by atoms with Crippen LogP contribution in [0.2, 0.25) is 0 Å². The lowest BCUT2D eigenvalue weighted by molar-refractivity contribution is -0.116. The second-order valence-corrected chi connectivity index (χ2v) is 10.2. The summed E-state index contributed by atoms with van der Waals surface area (Å²) in [5.41, 5.74) is 1.57. The molecule has 1 aliphatic heterocycles. The molecule has 32 heavy (non-hydrogen) atoms. The first-order valence-electron chi connectivity index (χ1n) is 10.0. The van der Waals surface area contributed by atoms with E-state index < -0.39 is 22.0 Å². The highest BCUT2D eigenvalue weighted by atomic mass is 32.2. The molecule has 1 N–H and O–H groups in total. The van der Waals surface area contributed by atoms with Crippen molar-refractivity contribution in [2.24, 2.45) is 0 Å². The molecule has 4 rings (SSSR count). The van der Waals surface area contributed by atoms with Crippen molar-refractivity contribution < 1.29 is 22.7 Å². The van der Waals surface area contributed by atoms with Crippen LogP contribution in [0.3, 0.4) is 0 Å². The summed E-state index contributed by atoms with van der Waals surface area (Å²) >= 11 is 1.10. The van der Waals surface area contributed by atoms with E-state index in [-0.39, 0.29) is 4.87 Å². The summed E-state index contributed by atoms with van der Waals surface area (Å²) < 4.78 is 39.7. The molecule has 0 aliphatic carbocycles. The first kappa shape index (κ1) is 22.2. The molecule has 170 valence electrons. The second-order valence-electron chi connectivity index (χ2n) is 7.35. The smallest absolute Gasteiger partial charge is 0.308 e. The van der Waals surface area contributed by atoms with Gasteiger partial charge in [-0.05, 0) is 44.2 Å². The van der Waals surface area contributed by atoms with Crippen LogP contribution in [0.25, 0.3) is 10.2 Å². The number of carbonyl (C=O) groups excluding carboxylic acids is 1. The van der Waals surface area contributed by atoms with E-state index in [2.05, 4.69) is 5.32 Å². The third kappa shape index (κ3) is 4.17. The molecule has 1 aliphatic rings. The molecule has 3 aromatic rings. The van der Waals surface area contributed by atoms with Crippen LogP contribution in [-0.2, 0) is 21.4 Å². The van der Waals surface area contributed by atoms with Crippen LogP contribution >= 0.6 is 11.3 Å². The van der Waals surface area contributed by atoms with E-state index in [0.717, 1.165) is 32.1 Å². The molecule has 1 amide bonds. The Kier molecular flexibility index (Phi) is 5.87. The van der Waals surface area contributed by atoms with Gasteiger partial charge >= 0.3 is 4.87 Å². The van der Waals surface area contributed by atoms with E-state index in [1.165, 1.54) is 6.92 Å². The third-order valence-corrected chi connectivity index (χ3v) is 7.30. The zero-order chi connectivity index (χ0) is 23.0. The van der Waals surface area contributed by atoms with Crippen molar-refractivity contribution in [3.63, 3.8) is 0 Å². The number of nitrogens with zero attached hydrogens (tertiary/aromatic N) is 2. The van der Waals surface area contributed by atoms with Crippen molar-refractivity contribution in [1.82, 2.24) is 4.57 Å². The monoisotopic (exact) mass is 477 g/mol. The van der Waals surface area contributed by atoms with Crippen molar-refractivity contribution in [2.45, 2.75) is 26.4 Å². The van der Waals surface area contributed by atoms with Gasteiger partial charge in [-0.1, -0.05) is 11.3 Å². The molecule has 9 nitrogen and oxygen atoms in total. The van der Waals surface area contributed by atoms with Gasteiger partial charge in [-0.2, -0.15) is 0 Å². The Morgan fingerprint density at radius 3 is 2.59 bits per heavy atom. The average Bonchev–Trinajstić information content (AvgIpc) is 3.06. The maximum absolute atomic E-state index is 13.0. The number of anilines is 2. The van der Waals surface area contributed by atoms with E-state index in [4.69, 9.17) is 9.47 Å². The van der Waals surface area contributed by atoms with Gasteiger partial charge in [0.05, 0.1) is 22.2 Å². The molecule has 2 aromatic carbocycles. The Morgan fingerprint density at radius 2 is 1.91 bits per heavy atom. The number of ether oxygens (including phenoxy) is 2. The maximum atomic E-state index is 13.0. The molecule has 1 atom stereocenters. The fourth-order valence-electron chi connectivity index (χ4n) is 3.67. The third-order valence-electron chi connectivity index (χ3n) is 5.12. The second kappa shape index (κ2) is 8.47. The number of thiazole rings is 1. The molecular weight excluding hydrogens is 454 g/mol.